The second kappa shape index (κ2) is 7.56. The van der Waals surface area contributed by atoms with Crippen molar-refractivity contribution < 1.29 is 27.9 Å². The minimum atomic E-state index is -5.08. The van der Waals surface area contributed by atoms with E-state index in [0.717, 1.165) is 36.8 Å². The van der Waals surface area contributed by atoms with Gasteiger partial charge in [0.25, 0.3) is 0 Å². The Hall–Kier alpha value is -2.18. The minimum absolute atomic E-state index is 0.313. The van der Waals surface area contributed by atoms with Crippen molar-refractivity contribution in [1.29, 1.82) is 0 Å². The number of aliphatic carboxylic acids is 1. The maximum Gasteiger partial charge on any atom is 0.490 e. The summed E-state index contributed by atoms with van der Waals surface area (Å²) in [4.78, 5) is 24.4. The number of ketones is 1. The number of halogens is 3. The number of alkyl halides is 3. The first kappa shape index (κ1) is 16.9. The van der Waals surface area contributed by atoms with Crippen molar-refractivity contribution in [3.05, 3.63) is 35.7 Å². The van der Waals surface area contributed by atoms with E-state index in [-0.39, 0.29) is 0 Å². The first-order valence-electron chi connectivity index (χ1n) is 6.24. The smallest absolute Gasteiger partial charge is 0.475 e. The molecule has 0 atom stereocenters. The highest BCUT2D eigenvalue weighted by Crippen LogP contribution is 2.21. The SMILES string of the molecule is O=C(O)C(F)(F)F.O=C1CCCC/C1=C\c1ccncc1. The zero-order chi connectivity index (χ0) is 15.9. The van der Waals surface area contributed by atoms with Gasteiger partial charge in [0.2, 0.25) is 0 Å². The molecule has 1 aliphatic carbocycles. The van der Waals surface area contributed by atoms with Crippen LogP contribution in [0.1, 0.15) is 31.2 Å². The van der Waals surface area contributed by atoms with Crippen LogP contribution in [0.25, 0.3) is 6.08 Å². The fourth-order valence-electron chi connectivity index (χ4n) is 1.71. The Morgan fingerprint density at radius 2 is 1.71 bits per heavy atom. The van der Waals surface area contributed by atoms with Crippen molar-refractivity contribution >= 4 is 17.8 Å². The number of carboxylic acid groups (broad SMARTS) is 1. The summed E-state index contributed by atoms with van der Waals surface area (Å²) in [5, 5.41) is 7.12. The van der Waals surface area contributed by atoms with E-state index in [9.17, 15) is 18.0 Å². The topological polar surface area (TPSA) is 67.3 Å². The van der Waals surface area contributed by atoms with Gasteiger partial charge in [0.1, 0.15) is 0 Å². The van der Waals surface area contributed by atoms with Crippen LogP contribution >= 0.6 is 0 Å². The molecule has 0 unspecified atom stereocenters. The highest BCUT2D eigenvalue weighted by molar-refractivity contribution is 6.00. The molecule has 7 heteroatoms. The van der Waals surface area contributed by atoms with Crippen molar-refractivity contribution in [2.45, 2.75) is 31.9 Å². The van der Waals surface area contributed by atoms with Crippen LogP contribution in [-0.4, -0.2) is 28.0 Å². The molecule has 1 saturated carbocycles. The van der Waals surface area contributed by atoms with E-state index >= 15 is 0 Å². The largest absolute Gasteiger partial charge is 0.490 e. The van der Waals surface area contributed by atoms with E-state index in [1.807, 2.05) is 18.2 Å². The standard InChI is InChI=1S/C12H13NO.C2HF3O2/c14-12-4-2-1-3-11(12)9-10-5-7-13-8-6-10;3-2(4,5)1(6)7/h5-9H,1-4H2;(H,6,7)/b11-9+;. The second-order valence-electron chi connectivity index (χ2n) is 4.38. The number of carbonyl (C=O) groups excluding carboxylic acids is 1. The van der Waals surface area contributed by atoms with Crippen molar-refractivity contribution in [1.82, 2.24) is 4.98 Å². The Bertz CT molecular complexity index is 524. The van der Waals surface area contributed by atoms with Crippen LogP contribution in [0.2, 0.25) is 0 Å². The Morgan fingerprint density at radius 1 is 1.19 bits per heavy atom. The number of nitrogens with zero attached hydrogens (tertiary/aromatic N) is 1. The van der Waals surface area contributed by atoms with Crippen molar-refractivity contribution in [3.63, 3.8) is 0 Å². The molecule has 1 fully saturated rings. The fourth-order valence-corrected chi connectivity index (χ4v) is 1.71. The van der Waals surface area contributed by atoms with Gasteiger partial charge in [-0.2, -0.15) is 13.2 Å². The number of allylic oxidation sites excluding steroid dienone is 1. The van der Waals surface area contributed by atoms with Gasteiger partial charge in [-0.3, -0.25) is 9.78 Å². The first-order chi connectivity index (χ1) is 9.80. The van der Waals surface area contributed by atoms with Crippen LogP contribution in [0.4, 0.5) is 13.2 Å². The Balaban J connectivity index is 0.000000270. The predicted octanol–water partition coefficient (Wildman–Crippen LogP) is 3.24. The van der Waals surface area contributed by atoms with Crippen LogP contribution in [0, 0.1) is 0 Å². The van der Waals surface area contributed by atoms with Gasteiger partial charge >= 0.3 is 12.1 Å². The monoisotopic (exact) mass is 301 g/mol. The molecule has 0 spiro atoms. The average molecular weight is 301 g/mol. The molecule has 0 aliphatic heterocycles. The third-order valence-corrected chi connectivity index (χ3v) is 2.75. The van der Waals surface area contributed by atoms with E-state index in [1.165, 1.54) is 0 Å². The summed E-state index contributed by atoms with van der Waals surface area (Å²) in [6, 6.07) is 3.85. The molecular formula is C14H14F3NO3. The molecule has 4 nitrogen and oxygen atoms in total. The number of Topliss-reactive ketones (excluding diaryl/α,β-unsaturated/α-hetero) is 1. The number of hydrogen-bond acceptors (Lipinski definition) is 3. The summed E-state index contributed by atoms with van der Waals surface area (Å²) in [6.07, 6.45) is 4.25. The third-order valence-electron chi connectivity index (χ3n) is 2.75. The van der Waals surface area contributed by atoms with Gasteiger partial charge in [-0.1, -0.05) is 0 Å². The molecule has 0 bridgehead atoms. The van der Waals surface area contributed by atoms with Crippen molar-refractivity contribution in [2.75, 3.05) is 0 Å². The molecule has 1 N–H and O–H groups in total. The molecule has 2 rings (SSSR count). The Morgan fingerprint density at radius 3 is 2.19 bits per heavy atom. The van der Waals surface area contributed by atoms with Gasteiger partial charge in [-0.15, -0.1) is 0 Å². The molecule has 1 aromatic rings. The van der Waals surface area contributed by atoms with Gasteiger partial charge in [-0.05, 0) is 48.6 Å². The first-order valence-corrected chi connectivity index (χ1v) is 6.24. The molecular weight excluding hydrogens is 287 g/mol. The second-order valence-corrected chi connectivity index (χ2v) is 4.38. The molecule has 1 aromatic heterocycles. The lowest BCUT2D eigenvalue weighted by molar-refractivity contribution is -0.192. The summed E-state index contributed by atoms with van der Waals surface area (Å²) in [5.74, 6) is -2.44. The van der Waals surface area contributed by atoms with Gasteiger partial charge in [0.15, 0.2) is 5.78 Å². The highest BCUT2D eigenvalue weighted by atomic mass is 19.4. The molecule has 0 amide bonds. The van der Waals surface area contributed by atoms with E-state index in [0.29, 0.717) is 5.78 Å². The lowest BCUT2D eigenvalue weighted by Gasteiger charge is -2.12. The summed E-state index contributed by atoms with van der Waals surface area (Å²) in [5.41, 5.74) is 2.05. The quantitative estimate of drug-likeness (QED) is 0.809. The Kier molecular flexibility index (Phi) is 6.08. The molecule has 0 radical (unpaired) electrons. The summed E-state index contributed by atoms with van der Waals surface area (Å²) < 4.78 is 31.7. The lowest BCUT2D eigenvalue weighted by atomic mass is 9.92. The van der Waals surface area contributed by atoms with E-state index in [1.54, 1.807) is 12.4 Å². The maximum absolute atomic E-state index is 11.5. The number of hydrogen-bond donors (Lipinski definition) is 1. The van der Waals surface area contributed by atoms with Crippen LogP contribution < -0.4 is 0 Å². The predicted molar refractivity (Wildman–Crippen MR) is 69.4 cm³/mol. The molecule has 0 saturated heterocycles. The van der Waals surface area contributed by atoms with Gasteiger partial charge in [0, 0.05) is 18.8 Å². The average Bonchev–Trinajstić information content (AvgIpc) is 2.42. The Labute approximate surface area is 119 Å². The van der Waals surface area contributed by atoms with Crippen LogP contribution in [0.3, 0.4) is 0 Å². The van der Waals surface area contributed by atoms with Crippen molar-refractivity contribution in [2.24, 2.45) is 0 Å². The molecule has 1 aliphatic rings. The minimum Gasteiger partial charge on any atom is -0.475 e. The molecule has 0 aromatic carbocycles. The number of carbonyl (C=O) groups is 2. The van der Waals surface area contributed by atoms with E-state index in [2.05, 4.69) is 4.98 Å². The van der Waals surface area contributed by atoms with Crippen LogP contribution in [0.15, 0.2) is 30.1 Å². The zero-order valence-electron chi connectivity index (χ0n) is 11.1. The van der Waals surface area contributed by atoms with Crippen LogP contribution in [-0.2, 0) is 9.59 Å². The van der Waals surface area contributed by atoms with E-state index < -0.39 is 12.1 Å². The highest BCUT2D eigenvalue weighted by Gasteiger charge is 2.38. The molecule has 21 heavy (non-hydrogen) atoms. The third kappa shape index (κ3) is 6.20. The fraction of sp³-hybridized carbons (Fsp3) is 0.357. The summed E-state index contributed by atoms with van der Waals surface area (Å²) in [7, 11) is 0. The normalized spacial score (nSPS) is 17.1. The maximum atomic E-state index is 11.5. The number of carboxylic acids is 1. The summed E-state index contributed by atoms with van der Waals surface area (Å²) in [6.45, 7) is 0. The molecule has 1 heterocycles. The van der Waals surface area contributed by atoms with Gasteiger partial charge < -0.3 is 5.11 Å². The van der Waals surface area contributed by atoms with Gasteiger partial charge in [-0.25, -0.2) is 4.79 Å². The van der Waals surface area contributed by atoms with Gasteiger partial charge in [0.05, 0.1) is 0 Å². The van der Waals surface area contributed by atoms with E-state index in [4.69, 9.17) is 9.90 Å². The lowest BCUT2D eigenvalue weighted by Crippen LogP contribution is -2.21. The number of pyridine rings is 1. The number of rotatable bonds is 1. The van der Waals surface area contributed by atoms with Crippen LogP contribution in [0.5, 0.6) is 0 Å². The van der Waals surface area contributed by atoms with Crippen molar-refractivity contribution in [3.8, 4) is 0 Å². The summed E-state index contributed by atoms with van der Waals surface area (Å²) >= 11 is 0. The molecule has 114 valence electrons. The number of aromatic nitrogens is 1. The zero-order valence-corrected chi connectivity index (χ0v) is 11.1.